The lowest BCUT2D eigenvalue weighted by atomic mass is 9.99. The van der Waals surface area contributed by atoms with Crippen LogP contribution in [0.4, 0.5) is 0 Å². The molecule has 0 amide bonds. The first kappa shape index (κ1) is 23.6. The molecule has 1 unspecified atom stereocenters. The fraction of sp³-hybridized carbons (Fsp3) is 0.316. The summed E-state index contributed by atoms with van der Waals surface area (Å²) < 4.78 is 5.28. The highest BCUT2D eigenvalue weighted by Gasteiger charge is 2.23. The van der Waals surface area contributed by atoms with Gasteiger partial charge in [0.1, 0.15) is 12.1 Å². The zero-order chi connectivity index (χ0) is 20.0. The normalized spacial score (nSPS) is 13.4. The Hall–Kier alpha value is -1.69. The monoisotopic (exact) mass is 547 g/mol. The summed E-state index contributed by atoms with van der Waals surface area (Å²) in [5.74, 6) is 1.41. The van der Waals surface area contributed by atoms with Crippen LogP contribution in [0.2, 0.25) is 5.02 Å². The quantitative estimate of drug-likeness (QED) is 0.235. The molecule has 3 N–H and O–H groups in total. The molecule has 0 aliphatic rings. The van der Waals surface area contributed by atoms with Crippen molar-refractivity contribution in [2.24, 2.45) is 4.99 Å². The van der Waals surface area contributed by atoms with Gasteiger partial charge in [-0.3, -0.25) is 0 Å². The summed E-state index contributed by atoms with van der Waals surface area (Å²) in [5.41, 5.74) is 0.646. The molecule has 156 valence electrons. The van der Waals surface area contributed by atoms with Gasteiger partial charge in [0.05, 0.1) is 6.54 Å². The van der Waals surface area contributed by atoms with Gasteiger partial charge in [-0.05, 0) is 48.4 Å². The van der Waals surface area contributed by atoms with E-state index in [1.807, 2.05) is 35.9 Å². The Morgan fingerprint density at radius 1 is 1.34 bits per heavy atom. The van der Waals surface area contributed by atoms with Crippen LogP contribution in [-0.4, -0.2) is 34.3 Å². The average Bonchev–Trinajstić information content (AvgIpc) is 3.36. The maximum absolute atomic E-state index is 10.6. The van der Waals surface area contributed by atoms with Crippen molar-refractivity contribution in [1.29, 1.82) is 0 Å². The first-order chi connectivity index (χ1) is 13.5. The Bertz CT molecular complexity index is 930. The highest BCUT2D eigenvalue weighted by Crippen LogP contribution is 2.22. The molecule has 0 fully saturated rings. The van der Waals surface area contributed by atoms with Crippen LogP contribution in [0, 0.1) is 0 Å². The Kier molecular flexibility index (Phi) is 8.87. The van der Waals surface area contributed by atoms with E-state index in [1.54, 1.807) is 30.4 Å². The van der Waals surface area contributed by atoms with Crippen molar-refractivity contribution in [3.63, 3.8) is 0 Å². The molecule has 7 nitrogen and oxygen atoms in total. The van der Waals surface area contributed by atoms with Crippen LogP contribution in [0.25, 0.3) is 11.4 Å². The summed E-state index contributed by atoms with van der Waals surface area (Å²) in [4.78, 5) is 8.81. The van der Waals surface area contributed by atoms with Crippen molar-refractivity contribution in [2.45, 2.75) is 26.0 Å². The minimum atomic E-state index is -1.000. The summed E-state index contributed by atoms with van der Waals surface area (Å²) >= 11 is 7.55. The van der Waals surface area contributed by atoms with Crippen molar-refractivity contribution in [3.05, 3.63) is 57.6 Å². The molecule has 0 saturated heterocycles. The number of nitrogens with one attached hydrogen (secondary N) is 2. The van der Waals surface area contributed by atoms with Crippen molar-refractivity contribution < 1.29 is 9.63 Å². The highest BCUT2D eigenvalue weighted by molar-refractivity contribution is 14.0. The number of guanidine groups is 1. The van der Waals surface area contributed by atoms with E-state index in [9.17, 15) is 5.11 Å². The van der Waals surface area contributed by atoms with E-state index in [-0.39, 0.29) is 30.5 Å². The fourth-order valence-electron chi connectivity index (χ4n) is 2.48. The van der Waals surface area contributed by atoms with Crippen LogP contribution in [0.15, 0.2) is 50.6 Å². The van der Waals surface area contributed by atoms with Crippen molar-refractivity contribution in [1.82, 2.24) is 20.8 Å². The molecule has 1 aromatic carbocycles. The van der Waals surface area contributed by atoms with E-state index in [0.29, 0.717) is 35.8 Å². The number of thiophene rings is 1. The molecular weight excluding hydrogens is 525 g/mol. The number of hydrogen-bond donors (Lipinski definition) is 3. The molecule has 0 aliphatic carbocycles. The number of rotatable bonds is 7. The van der Waals surface area contributed by atoms with Crippen molar-refractivity contribution in [3.8, 4) is 11.4 Å². The number of aromatic nitrogens is 2. The van der Waals surface area contributed by atoms with Crippen LogP contribution in [0.1, 0.15) is 25.3 Å². The molecule has 1 atom stereocenters. The molecule has 29 heavy (non-hydrogen) atoms. The van der Waals surface area contributed by atoms with Gasteiger partial charge in [-0.25, -0.2) is 4.99 Å². The van der Waals surface area contributed by atoms with Crippen LogP contribution in [0.5, 0.6) is 0 Å². The van der Waals surface area contributed by atoms with Gasteiger partial charge >= 0.3 is 0 Å². The Labute approximate surface area is 195 Å². The van der Waals surface area contributed by atoms with Crippen LogP contribution >= 0.6 is 46.9 Å². The molecule has 10 heteroatoms. The second-order valence-corrected chi connectivity index (χ2v) is 7.57. The molecule has 2 aromatic heterocycles. The molecule has 0 bridgehead atoms. The fourth-order valence-corrected chi connectivity index (χ4v) is 3.45. The zero-order valence-electron chi connectivity index (χ0n) is 16.1. The topological polar surface area (TPSA) is 95.6 Å². The van der Waals surface area contributed by atoms with Gasteiger partial charge in [0.25, 0.3) is 0 Å². The van der Waals surface area contributed by atoms with Gasteiger partial charge in [0.15, 0.2) is 5.96 Å². The van der Waals surface area contributed by atoms with E-state index in [0.717, 1.165) is 11.1 Å². The number of nitrogens with zero attached hydrogens (tertiary/aromatic N) is 3. The third-order valence-electron chi connectivity index (χ3n) is 4.01. The first-order valence-electron chi connectivity index (χ1n) is 8.83. The summed E-state index contributed by atoms with van der Waals surface area (Å²) in [6, 6.07) is 9.17. The van der Waals surface area contributed by atoms with Crippen LogP contribution < -0.4 is 10.6 Å². The summed E-state index contributed by atoms with van der Waals surface area (Å²) in [5, 5.41) is 25.4. The molecule has 2 heterocycles. The van der Waals surface area contributed by atoms with Gasteiger partial charge in [-0.15, -0.1) is 24.0 Å². The van der Waals surface area contributed by atoms with E-state index in [2.05, 4.69) is 25.8 Å². The molecule has 0 spiro atoms. The number of halogens is 2. The van der Waals surface area contributed by atoms with Gasteiger partial charge in [0, 0.05) is 17.1 Å². The molecule has 3 rings (SSSR count). The smallest absolute Gasteiger partial charge is 0.248 e. The standard InChI is InChI=1S/C19H22ClN5O2S.HI/c1-3-21-18(23-12-19(2,26)14-7-8-28-11-14)22-10-16-24-17(25-27-16)13-5-4-6-15(20)9-13;/h4-9,11,26H,3,10,12H2,1-2H3,(H2,21,22,23);1H. The zero-order valence-corrected chi connectivity index (χ0v) is 20.0. The average molecular weight is 548 g/mol. The Morgan fingerprint density at radius 2 is 2.17 bits per heavy atom. The predicted octanol–water partition coefficient (Wildman–Crippen LogP) is 4.03. The summed E-state index contributed by atoms with van der Waals surface area (Å²) in [7, 11) is 0. The third kappa shape index (κ3) is 6.66. The maximum Gasteiger partial charge on any atom is 0.248 e. The SMILES string of the molecule is CCNC(=NCc1nc(-c2cccc(Cl)c2)no1)NCC(C)(O)c1ccsc1.I. The van der Waals surface area contributed by atoms with E-state index < -0.39 is 5.60 Å². The molecule has 0 saturated carbocycles. The summed E-state index contributed by atoms with van der Waals surface area (Å²) in [6.07, 6.45) is 0. The first-order valence-corrected chi connectivity index (χ1v) is 10.2. The lowest BCUT2D eigenvalue weighted by Gasteiger charge is -2.24. The number of benzene rings is 1. The maximum atomic E-state index is 10.6. The predicted molar refractivity (Wildman–Crippen MR) is 127 cm³/mol. The Morgan fingerprint density at radius 3 is 2.86 bits per heavy atom. The highest BCUT2D eigenvalue weighted by atomic mass is 127. The minimum absolute atomic E-state index is 0. The number of hydrogen-bond acceptors (Lipinski definition) is 6. The summed E-state index contributed by atoms with van der Waals surface area (Å²) in [6.45, 7) is 4.94. The minimum Gasteiger partial charge on any atom is -0.384 e. The largest absolute Gasteiger partial charge is 0.384 e. The molecular formula is C19H23ClIN5O2S. The van der Waals surface area contributed by atoms with Gasteiger partial charge in [0.2, 0.25) is 11.7 Å². The molecule has 0 radical (unpaired) electrons. The lowest BCUT2D eigenvalue weighted by molar-refractivity contribution is 0.0621. The van der Waals surface area contributed by atoms with Crippen molar-refractivity contribution >= 4 is 52.9 Å². The second kappa shape index (κ2) is 10.9. The second-order valence-electron chi connectivity index (χ2n) is 6.36. The van der Waals surface area contributed by atoms with Gasteiger partial charge in [-0.2, -0.15) is 16.3 Å². The van der Waals surface area contributed by atoms with Gasteiger partial charge in [-0.1, -0.05) is 28.9 Å². The number of aliphatic imine (C=N–C) groups is 1. The Balaban J connectivity index is 0.00000300. The van der Waals surface area contributed by atoms with E-state index in [1.165, 1.54) is 0 Å². The lowest BCUT2D eigenvalue weighted by Crippen LogP contribution is -2.44. The molecule has 0 aliphatic heterocycles. The van der Waals surface area contributed by atoms with Gasteiger partial charge < -0.3 is 20.3 Å². The van der Waals surface area contributed by atoms with Crippen LogP contribution in [-0.2, 0) is 12.1 Å². The van der Waals surface area contributed by atoms with E-state index >= 15 is 0 Å². The van der Waals surface area contributed by atoms with Crippen LogP contribution in [0.3, 0.4) is 0 Å². The number of aliphatic hydroxyl groups is 1. The molecule has 3 aromatic rings. The van der Waals surface area contributed by atoms with Crippen molar-refractivity contribution in [2.75, 3.05) is 13.1 Å². The van der Waals surface area contributed by atoms with E-state index in [4.69, 9.17) is 16.1 Å². The third-order valence-corrected chi connectivity index (χ3v) is 4.93.